The van der Waals surface area contributed by atoms with E-state index in [0.717, 1.165) is 13.2 Å². The fraction of sp³-hybridized carbons (Fsp3) is 1.00. The molecule has 3 heteroatoms. The molecule has 2 aliphatic rings. The van der Waals surface area contributed by atoms with Gasteiger partial charge in [0.15, 0.2) is 0 Å². The van der Waals surface area contributed by atoms with Crippen molar-refractivity contribution < 1.29 is 9.47 Å². The summed E-state index contributed by atoms with van der Waals surface area (Å²) in [6, 6.07) is 0.616. The van der Waals surface area contributed by atoms with E-state index in [-0.39, 0.29) is 0 Å². The van der Waals surface area contributed by atoms with Gasteiger partial charge in [-0.1, -0.05) is 0 Å². The molecule has 0 aromatic rings. The zero-order chi connectivity index (χ0) is 13.2. The zero-order valence-electron chi connectivity index (χ0n) is 12.4. The van der Waals surface area contributed by atoms with Crippen molar-refractivity contribution in [3.63, 3.8) is 0 Å². The Morgan fingerprint density at radius 3 is 2.50 bits per heavy atom. The minimum absolute atomic E-state index is 0.329. The number of nitrogens with zero attached hydrogens (tertiary/aromatic N) is 1. The Morgan fingerprint density at radius 2 is 1.83 bits per heavy atom. The molecule has 106 valence electrons. The van der Waals surface area contributed by atoms with Gasteiger partial charge in [-0.2, -0.15) is 0 Å². The van der Waals surface area contributed by atoms with Crippen LogP contribution < -0.4 is 0 Å². The van der Waals surface area contributed by atoms with E-state index in [0.29, 0.717) is 23.8 Å². The van der Waals surface area contributed by atoms with Crippen LogP contribution >= 0.6 is 0 Å². The third-order valence-corrected chi connectivity index (χ3v) is 4.34. The number of hydrogen-bond donors (Lipinski definition) is 0. The Morgan fingerprint density at radius 1 is 1.11 bits per heavy atom. The fourth-order valence-electron chi connectivity index (χ4n) is 3.41. The topological polar surface area (TPSA) is 21.7 Å². The summed E-state index contributed by atoms with van der Waals surface area (Å²) in [4.78, 5) is 2.68. The lowest BCUT2D eigenvalue weighted by molar-refractivity contribution is -0.0225. The second kappa shape index (κ2) is 5.89. The van der Waals surface area contributed by atoms with E-state index >= 15 is 0 Å². The van der Waals surface area contributed by atoms with Gasteiger partial charge in [0.2, 0.25) is 0 Å². The van der Waals surface area contributed by atoms with Crippen molar-refractivity contribution in [2.45, 2.75) is 77.2 Å². The standard InChI is InChI=1S/C15H29NO2/c1-12(2)17-10-14-6-8-15(11-18-13(3)4)7-5-9-16(14)15/h12-14H,5-11H2,1-4H3. The highest BCUT2D eigenvalue weighted by Crippen LogP contribution is 2.42. The van der Waals surface area contributed by atoms with Crippen LogP contribution in [0.15, 0.2) is 0 Å². The number of fused-ring (bicyclic) bond motifs is 1. The molecule has 0 aromatic heterocycles. The molecule has 0 amide bonds. The van der Waals surface area contributed by atoms with Gasteiger partial charge in [0.25, 0.3) is 0 Å². The van der Waals surface area contributed by atoms with Crippen LogP contribution in [0.4, 0.5) is 0 Å². The first-order chi connectivity index (χ1) is 8.53. The molecule has 0 spiro atoms. The lowest BCUT2D eigenvalue weighted by Gasteiger charge is -2.35. The Bertz CT molecular complexity index is 267. The highest BCUT2D eigenvalue weighted by atomic mass is 16.5. The number of hydrogen-bond acceptors (Lipinski definition) is 3. The predicted molar refractivity (Wildman–Crippen MR) is 73.9 cm³/mol. The van der Waals surface area contributed by atoms with Crippen LogP contribution in [-0.2, 0) is 9.47 Å². The minimum Gasteiger partial charge on any atom is -0.377 e. The molecule has 2 aliphatic heterocycles. The Labute approximate surface area is 112 Å². The molecular formula is C15H29NO2. The molecule has 2 saturated heterocycles. The van der Waals surface area contributed by atoms with Gasteiger partial charge in [-0.3, -0.25) is 4.90 Å². The van der Waals surface area contributed by atoms with Crippen LogP contribution in [0.1, 0.15) is 53.4 Å². The summed E-state index contributed by atoms with van der Waals surface area (Å²) in [5.41, 5.74) is 0.329. The van der Waals surface area contributed by atoms with E-state index in [9.17, 15) is 0 Å². The molecule has 0 aliphatic carbocycles. The predicted octanol–water partition coefficient (Wildman–Crippen LogP) is 2.83. The van der Waals surface area contributed by atoms with Gasteiger partial charge >= 0.3 is 0 Å². The average Bonchev–Trinajstić information content (AvgIpc) is 2.82. The zero-order valence-corrected chi connectivity index (χ0v) is 12.4. The molecule has 0 N–H and O–H groups in total. The molecular weight excluding hydrogens is 226 g/mol. The van der Waals surface area contributed by atoms with Gasteiger partial charge in [-0.15, -0.1) is 0 Å². The number of rotatable bonds is 6. The molecule has 18 heavy (non-hydrogen) atoms. The van der Waals surface area contributed by atoms with Crippen molar-refractivity contribution in [2.75, 3.05) is 19.8 Å². The maximum atomic E-state index is 5.92. The molecule has 0 radical (unpaired) electrons. The molecule has 2 heterocycles. The summed E-state index contributed by atoms with van der Waals surface area (Å²) in [5.74, 6) is 0. The van der Waals surface area contributed by atoms with Gasteiger partial charge in [0.05, 0.1) is 25.4 Å². The average molecular weight is 255 g/mol. The summed E-state index contributed by atoms with van der Waals surface area (Å²) in [6.07, 6.45) is 5.86. The molecule has 2 atom stereocenters. The highest BCUT2D eigenvalue weighted by molar-refractivity contribution is 5.04. The molecule has 3 nitrogen and oxygen atoms in total. The van der Waals surface area contributed by atoms with Gasteiger partial charge in [0.1, 0.15) is 0 Å². The first-order valence-corrected chi connectivity index (χ1v) is 7.53. The van der Waals surface area contributed by atoms with E-state index in [2.05, 4.69) is 32.6 Å². The molecule has 0 bridgehead atoms. The van der Waals surface area contributed by atoms with E-state index < -0.39 is 0 Å². The van der Waals surface area contributed by atoms with Crippen molar-refractivity contribution in [1.29, 1.82) is 0 Å². The van der Waals surface area contributed by atoms with Crippen LogP contribution in [0.3, 0.4) is 0 Å². The normalized spacial score (nSPS) is 32.7. The van der Waals surface area contributed by atoms with E-state index in [1.165, 1.54) is 32.2 Å². The molecule has 2 fully saturated rings. The van der Waals surface area contributed by atoms with E-state index in [1.807, 2.05) is 0 Å². The summed E-state index contributed by atoms with van der Waals surface area (Å²) >= 11 is 0. The summed E-state index contributed by atoms with van der Waals surface area (Å²) in [7, 11) is 0. The molecule has 0 saturated carbocycles. The van der Waals surface area contributed by atoms with Crippen LogP contribution in [0.5, 0.6) is 0 Å². The maximum absolute atomic E-state index is 5.92. The minimum atomic E-state index is 0.329. The first-order valence-electron chi connectivity index (χ1n) is 7.53. The van der Waals surface area contributed by atoms with Gasteiger partial charge in [-0.05, 0) is 59.9 Å². The first kappa shape index (κ1) is 14.3. The van der Waals surface area contributed by atoms with Crippen molar-refractivity contribution in [3.8, 4) is 0 Å². The van der Waals surface area contributed by atoms with Crippen molar-refractivity contribution in [1.82, 2.24) is 4.90 Å². The Kier molecular flexibility index (Phi) is 4.68. The summed E-state index contributed by atoms with van der Waals surface area (Å²) in [6.45, 7) is 11.5. The van der Waals surface area contributed by atoms with Crippen molar-refractivity contribution in [2.24, 2.45) is 0 Å². The number of ether oxygens (including phenoxy) is 2. The Balaban J connectivity index is 1.91. The van der Waals surface area contributed by atoms with E-state index in [1.54, 1.807) is 0 Å². The van der Waals surface area contributed by atoms with E-state index in [4.69, 9.17) is 9.47 Å². The Hall–Kier alpha value is -0.120. The third kappa shape index (κ3) is 3.06. The van der Waals surface area contributed by atoms with Crippen LogP contribution in [0, 0.1) is 0 Å². The lowest BCUT2D eigenvalue weighted by Crippen LogP contribution is -2.47. The lowest BCUT2D eigenvalue weighted by atomic mass is 9.95. The largest absolute Gasteiger partial charge is 0.377 e. The van der Waals surface area contributed by atoms with Gasteiger partial charge in [-0.25, -0.2) is 0 Å². The van der Waals surface area contributed by atoms with Crippen LogP contribution in [0.25, 0.3) is 0 Å². The molecule has 2 unspecified atom stereocenters. The quantitative estimate of drug-likeness (QED) is 0.728. The van der Waals surface area contributed by atoms with Crippen LogP contribution in [-0.4, -0.2) is 48.4 Å². The highest BCUT2D eigenvalue weighted by Gasteiger charge is 2.49. The second-order valence-electron chi connectivity index (χ2n) is 6.46. The van der Waals surface area contributed by atoms with Crippen molar-refractivity contribution >= 4 is 0 Å². The summed E-state index contributed by atoms with van der Waals surface area (Å²) < 4.78 is 11.7. The SMILES string of the molecule is CC(C)OCC1CCC2(COC(C)C)CCCN12. The summed E-state index contributed by atoms with van der Waals surface area (Å²) in [5, 5.41) is 0. The third-order valence-electron chi connectivity index (χ3n) is 4.34. The monoisotopic (exact) mass is 255 g/mol. The molecule has 0 aromatic carbocycles. The van der Waals surface area contributed by atoms with Gasteiger partial charge < -0.3 is 9.47 Å². The maximum Gasteiger partial charge on any atom is 0.0654 e. The smallest absolute Gasteiger partial charge is 0.0654 e. The second-order valence-corrected chi connectivity index (χ2v) is 6.46. The van der Waals surface area contributed by atoms with Gasteiger partial charge in [0, 0.05) is 11.6 Å². The fourth-order valence-corrected chi connectivity index (χ4v) is 3.41. The van der Waals surface area contributed by atoms with Crippen LogP contribution in [0.2, 0.25) is 0 Å². The van der Waals surface area contributed by atoms with Crippen molar-refractivity contribution in [3.05, 3.63) is 0 Å². The molecule has 2 rings (SSSR count).